The van der Waals surface area contributed by atoms with E-state index in [9.17, 15) is 4.79 Å². The number of rotatable bonds is 6. The summed E-state index contributed by atoms with van der Waals surface area (Å²) in [4.78, 5) is 14.2. The number of ether oxygens (including phenoxy) is 1. The second kappa shape index (κ2) is 9.02. The maximum absolute atomic E-state index is 12.0. The summed E-state index contributed by atoms with van der Waals surface area (Å²) < 4.78 is 7.40. The minimum atomic E-state index is -0.497. The third-order valence-corrected chi connectivity index (χ3v) is 3.55. The predicted molar refractivity (Wildman–Crippen MR) is 106 cm³/mol. The van der Waals surface area contributed by atoms with Crippen LogP contribution in [-0.4, -0.2) is 33.6 Å². The zero-order valence-corrected chi connectivity index (χ0v) is 17.0. The third kappa shape index (κ3) is 7.03. The molecular formula is C15H22I2N2O2. The summed E-state index contributed by atoms with van der Waals surface area (Å²) in [5.41, 5.74) is 1.33. The van der Waals surface area contributed by atoms with Crippen molar-refractivity contribution >= 4 is 62.6 Å². The molecule has 6 heteroatoms. The summed E-state index contributed by atoms with van der Waals surface area (Å²) in [5.74, 6) is 0. The molecule has 0 saturated carbocycles. The Morgan fingerprint density at radius 3 is 2.29 bits per heavy atom. The van der Waals surface area contributed by atoms with E-state index in [0.717, 1.165) is 33.3 Å². The molecule has 0 spiro atoms. The highest BCUT2D eigenvalue weighted by Crippen LogP contribution is 2.26. The fraction of sp³-hybridized carbons (Fsp3) is 0.533. The Labute approximate surface area is 154 Å². The van der Waals surface area contributed by atoms with Gasteiger partial charge in [-0.25, -0.2) is 4.79 Å². The Morgan fingerprint density at radius 2 is 1.76 bits per heavy atom. The second-order valence-electron chi connectivity index (χ2n) is 5.51. The van der Waals surface area contributed by atoms with E-state index in [1.165, 1.54) is 0 Å². The lowest BCUT2D eigenvalue weighted by atomic mass is 10.2. The van der Waals surface area contributed by atoms with Crippen molar-refractivity contribution in [3.05, 3.63) is 24.3 Å². The number of carbonyl (C=O) groups excluding carboxylic acids is 1. The van der Waals surface area contributed by atoms with Crippen LogP contribution < -0.4 is 10.2 Å². The van der Waals surface area contributed by atoms with Crippen LogP contribution >= 0.6 is 45.2 Å². The van der Waals surface area contributed by atoms with Crippen LogP contribution in [0.2, 0.25) is 0 Å². The normalized spacial score (nSPS) is 11.1. The van der Waals surface area contributed by atoms with Crippen molar-refractivity contribution in [2.45, 2.75) is 26.4 Å². The minimum absolute atomic E-state index is 0.418. The lowest BCUT2D eigenvalue weighted by molar-refractivity contribution is 0.0636. The Balaban J connectivity index is 2.90. The molecule has 1 rings (SSSR count). The van der Waals surface area contributed by atoms with E-state index in [4.69, 9.17) is 4.74 Å². The fourth-order valence-corrected chi connectivity index (χ4v) is 2.99. The first kappa shape index (κ1) is 18.8. The zero-order valence-electron chi connectivity index (χ0n) is 12.7. The van der Waals surface area contributed by atoms with Crippen LogP contribution in [-0.2, 0) is 4.74 Å². The van der Waals surface area contributed by atoms with Gasteiger partial charge in [0.1, 0.15) is 5.60 Å². The molecule has 0 radical (unpaired) electrons. The van der Waals surface area contributed by atoms with Crippen LogP contribution in [0.3, 0.4) is 0 Å². The Morgan fingerprint density at radius 1 is 1.19 bits per heavy atom. The zero-order chi connectivity index (χ0) is 15.9. The number of para-hydroxylation sites is 2. The number of anilines is 2. The first-order valence-electron chi connectivity index (χ1n) is 6.83. The number of alkyl halides is 2. The highest BCUT2D eigenvalue weighted by molar-refractivity contribution is 14.1. The van der Waals surface area contributed by atoms with Crippen molar-refractivity contribution < 1.29 is 9.53 Å². The van der Waals surface area contributed by atoms with Gasteiger partial charge in [-0.1, -0.05) is 57.3 Å². The van der Waals surface area contributed by atoms with Crippen molar-refractivity contribution in [2.24, 2.45) is 0 Å². The van der Waals surface area contributed by atoms with Crippen LogP contribution in [0.5, 0.6) is 0 Å². The first-order chi connectivity index (χ1) is 9.87. The molecule has 0 aliphatic heterocycles. The van der Waals surface area contributed by atoms with Crippen molar-refractivity contribution in [1.82, 2.24) is 0 Å². The summed E-state index contributed by atoms with van der Waals surface area (Å²) in [6, 6.07) is 7.85. The molecule has 0 heterocycles. The number of nitrogens with zero attached hydrogens (tertiary/aromatic N) is 1. The molecule has 1 aromatic carbocycles. The molecule has 0 unspecified atom stereocenters. The average Bonchev–Trinajstić information content (AvgIpc) is 2.37. The number of amides is 1. The number of halogens is 2. The molecule has 0 aliphatic rings. The standard InChI is InChI=1S/C15H22I2N2O2/c1-15(2,3)21-14(20)18-12-6-4-5-7-13(12)19(10-8-16)11-9-17/h4-7H,8-11H2,1-3H3,(H,18,20). The molecule has 0 fully saturated rings. The van der Waals surface area contributed by atoms with Gasteiger partial charge in [-0.05, 0) is 32.9 Å². The lowest BCUT2D eigenvalue weighted by Crippen LogP contribution is -2.30. The largest absolute Gasteiger partial charge is 0.444 e. The molecule has 0 atom stereocenters. The van der Waals surface area contributed by atoms with Gasteiger partial charge in [-0.2, -0.15) is 0 Å². The van der Waals surface area contributed by atoms with Gasteiger partial charge in [0, 0.05) is 21.9 Å². The Hall–Kier alpha value is -0.250. The van der Waals surface area contributed by atoms with E-state index in [2.05, 4.69) is 55.4 Å². The van der Waals surface area contributed by atoms with E-state index in [0.29, 0.717) is 0 Å². The van der Waals surface area contributed by atoms with Gasteiger partial charge >= 0.3 is 6.09 Å². The molecule has 118 valence electrons. The van der Waals surface area contributed by atoms with E-state index in [-0.39, 0.29) is 0 Å². The monoisotopic (exact) mass is 516 g/mol. The van der Waals surface area contributed by atoms with Crippen LogP contribution in [0.4, 0.5) is 16.2 Å². The molecule has 1 amide bonds. The molecule has 0 aromatic heterocycles. The maximum atomic E-state index is 12.0. The van der Waals surface area contributed by atoms with Crippen molar-refractivity contribution in [3.63, 3.8) is 0 Å². The second-order valence-corrected chi connectivity index (χ2v) is 7.67. The molecule has 4 nitrogen and oxygen atoms in total. The van der Waals surface area contributed by atoms with E-state index in [1.54, 1.807) is 0 Å². The summed E-state index contributed by atoms with van der Waals surface area (Å²) in [6.07, 6.45) is -0.418. The summed E-state index contributed by atoms with van der Waals surface area (Å²) in [6.45, 7) is 7.48. The van der Waals surface area contributed by atoms with E-state index >= 15 is 0 Å². The summed E-state index contributed by atoms with van der Waals surface area (Å²) in [5, 5.41) is 2.86. The first-order valence-corrected chi connectivity index (χ1v) is 9.88. The van der Waals surface area contributed by atoms with Gasteiger partial charge in [0.2, 0.25) is 0 Å². The molecule has 0 saturated heterocycles. The number of hydrogen-bond donors (Lipinski definition) is 1. The van der Waals surface area contributed by atoms with Gasteiger partial charge < -0.3 is 9.64 Å². The van der Waals surface area contributed by atoms with E-state index in [1.807, 2.05) is 45.0 Å². The van der Waals surface area contributed by atoms with Crippen molar-refractivity contribution in [2.75, 3.05) is 32.2 Å². The number of hydrogen-bond acceptors (Lipinski definition) is 3. The number of nitrogens with one attached hydrogen (secondary N) is 1. The SMILES string of the molecule is CC(C)(C)OC(=O)Nc1ccccc1N(CCI)CCI. The van der Waals surface area contributed by atoms with Gasteiger partial charge in [-0.3, -0.25) is 5.32 Å². The smallest absolute Gasteiger partial charge is 0.412 e. The Kier molecular flexibility index (Phi) is 8.07. The van der Waals surface area contributed by atoms with Gasteiger partial charge in [0.05, 0.1) is 11.4 Å². The highest BCUT2D eigenvalue weighted by atomic mass is 127. The summed E-state index contributed by atoms with van der Waals surface area (Å²) >= 11 is 4.74. The quantitative estimate of drug-likeness (QED) is 0.440. The predicted octanol–water partition coefficient (Wildman–Crippen LogP) is 4.71. The maximum Gasteiger partial charge on any atom is 0.412 e. The Bertz CT molecular complexity index is 455. The molecular weight excluding hydrogens is 494 g/mol. The number of carbonyl (C=O) groups is 1. The topological polar surface area (TPSA) is 41.6 Å². The summed E-state index contributed by atoms with van der Waals surface area (Å²) in [7, 11) is 0. The van der Waals surface area contributed by atoms with Crippen molar-refractivity contribution in [1.29, 1.82) is 0 Å². The average molecular weight is 516 g/mol. The molecule has 0 aliphatic carbocycles. The van der Waals surface area contributed by atoms with Gasteiger partial charge in [0.25, 0.3) is 0 Å². The third-order valence-electron chi connectivity index (χ3n) is 2.59. The minimum Gasteiger partial charge on any atom is -0.444 e. The van der Waals surface area contributed by atoms with E-state index < -0.39 is 11.7 Å². The molecule has 1 N–H and O–H groups in total. The van der Waals surface area contributed by atoms with Crippen LogP contribution in [0, 0.1) is 0 Å². The number of benzene rings is 1. The molecule has 21 heavy (non-hydrogen) atoms. The van der Waals surface area contributed by atoms with Crippen LogP contribution in [0.15, 0.2) is 24.3 Å². The molecule has 1 aromatic rings. The van der Waals surface area contributed by atoms with Crippen molar-refractivity contribution in [3.8, 4) is 0 Å². The highest BCUT2D eigenvalue weighted by Gasteiger charge is 2.18. The fourth-order valence-electron chi connectivity index (χ4n) is 1.83. The van der Waals surface area contributed by atoms with Gasteiger partial charge in [0.15, 0.2) is 0 Å². The van der Waals surface area contributed by atoms with Crippen LogP contribution in [0.25, 0.3) is 0 Å². The lowest BCUT2D eigenvalue weighted by Gasteiger charge is -2.26. The molecule has 0 bridgehead atoms. The van der Waals surface area contributed by atoms with Crippen LogP contribution in [0.1, 0.15) is 20.8 Å². The van der Waals surface area contributed by atoms with Gasteiger partial charge in [-0.15, -0.1) is 0 Å².